The average molecular weight is 384 g/mol. The standard InChI is InChI=1S/C21H18ClNO2S/c1-24-15-6-8-17(9-7-15)25-16-4-2-14(3-5-16)19-10-11-20(23-19)21-18(22)12-13-26-21/h2-9,12-13,19H,10-11H2,1H3. The maximum absolute atomic E-state index is 6.24. The van der Waals surface area contributed by atoms with E-state index in [9.17, 15) is 0 Å². The van der Waals surface area contributed by atoms with Gasteiger partial charge in [0.05, 0.1) is 28.8 Å². The first-order valence-electron chi connectivity index (χ1n) is 8.45. The zero-order valence-electron chi connectivity index (χ0n) is 14.3. The molecule has 3 nitrogen and oxygen atoms in total. The van der Waals surface area contributed by atoms with Crippen molar-refractivity contribution in [1.29, 1.82) is 0 Å². The van der Waals surface area contributed by atoms with Crippen molar-refractivity contribution in [3.05, 3.63) is 75.4 Å². The SMILES string of the molecule is COc1ccc(Oc2ccc(C3CCC(c4sccc4Cl)=N3)cc2)cc1. The fourth-order valence-corrected chi connectivity index (χ4v) is 4.23. The van der Waals surface area contributed by atoms with E-state index in [0.29, 0.717) is 0 Å². The van der Waals surface area contributed by atoms with Gasteiger partial charge in [-0.05, 0) is 66.2 Å². The Balaban J connectivity index is 1.46. The second kappa shape index (κ2) is 7.52. The summed E-state index contributed by atoms with van der Waals surface area (Å²) in [5.41, 5.74) is 2.32. The Morgan fingerprint density at radius 1 is 0.962 bits per heavy atom. The summed E-state index contributed by atoms with van der Waals surface area (Å²) >= 11 is 7.89. The Hall–Kier alpha value is -2.30. The summed E-state index contributed by atoms with van der Waals surface area (Å²) < 4.78 is 11.0. The molecule has 1 atom stereocenters. The summed E-state index contributed by atoms with van der Waals surface area (Å²) in [7, 11) is 1.65. The van der Waals surface area contributed by atoms with Crippen LogP contribution in [-0.2, 0) is 0 Å². The maximum Gasteiger partial charge on any atom is 0.127 e. The lowest BCUT2D eigenvalue weighted by molar-refractivity contribution is 0.413. The van der Waals surface area contributed by atoms with Gasteiger partial charge in [-0.2, -0.15) is 0 Å². The van der Waals surface area contributed by atoms with Crippen LogP contribution < -0.4 is 9.47 Å². The molecule has 1 aromatic heterocycles. The molecular weight excluding hydrogens is 366 g/mol. The molecule has 1 aliphatic heterocycles. The molecule has 1 unspecified atom stereocenters. The molecule has 0 N–H and O–H groups in total. The molecule has 5 heteroatoms. The fourth-order valence-electron chi connectivity index (χ4n) is 3.04. The van der Waals surface area contributed by atoms with Gasteiger partial charge in [-0.3, -0.25) is 4.99 Å². The number of nitrogens with zero attached hydrogens (tertiary/aromatic N) is 1. The topological polar surface area (TPSA) is 30.8 Å². The van der Waals surface area contributed by atoms with Crippen LogP contribution in [-0.4, -0.2) is 12.8 Å². The molecule has 2 aromatic carbocycles. The third kappa shape index (κ3) is 3.62. The van der Waals surface area contributed by atoms with E-state index < -0.39 is 0 Å². The highest BCUT2D eigenvalue weighted by atomic mass is 35.5. The number of aliphatic imine (C=N–C) groups is 1. The number of hydrogen-bond acceptors (Lipinski definition) is 4. The molecule has 0 spiro atoms. The van der Waals surface area contributed by atoms with Gasteiger partial charge < -0.3 is 9.47 Å². The summed E-state index contributed by atoms with van der Waals surface area (Å²) in [5.74, 6) is 2.41. The normalized spacial score (nSPS) is 16.4. The van der Waals surface area contributed by atoms with Gasteiger partial charge in [0.15, 0.2) is 0 Å². The molecule has 3 aromatic rings. The molecular formula is C21H18ClNO2S. The summed E-state index contributed by atoms with van der Waals surface area (Å²) in [6, 6.07) is 17.8. The van der Waals surface area contributed by atoms with Crippen molar-refractivity contribution in [2.45, 2.75) is 18.9 Å². The zero-order chi connectivity index (χ0) is 17.9. The summed E-state index contributed by atoms with van der Waals surface area (Å²) in [5, 5.41) is 2.82. The van der Waals surface area contributed by atoms with E-state index >= 15 is 0 Å². The summed E-state index contributed by atoms with van der Waals surface area (Å²) in [6.07, 6.45) is 1.98. The van der Waals surface area contributed by atoms with Crippen molar-refractivity contribution >= 4 is 28.6 Å². The van der Waals surface area contributed by atoms with Crippen molar-refractivity contribution in [2.75, 3.05) is 7.11 Å². The Morgan fingerprint density at radius 2 is 1.62 bits per heavy atom. The van der Waals surface area contributed by atoms with Crippen LogP contribution in [0, 0.1) is 0 Å². The predicted molar refractivity (Wildman–Crippen MR) is 107 cm³/mol. The van der Waals surface area contributed by atoms with Gasteiger partial charge in [-0.1, -0.05) is 23.7 Å². The lowest BCUT2D eigenvalue weighted by atomic mass is 10.0. The van der Waals surface area contributed by atoms with Crippen molar-refractivity contribution in [2.24, 2.45) is 4.99 Å². The van der Waals surface area contributed by atoms with Crippen LogP contribution in [0.5, 0.6) is 17.2 Å². The molecule has 0 amide bonds. The molecule has 26 heavy (non-hydrogen) atoms. The molecule has 0 bridgehead atoms. The van der Waals surface area contributed by atoms with Crippen LogP contribution in [0.25, 0.3) is 0 Å². The highest BCUT2D eigenvalue weighted by molar-refractivity contribution is 7.12. The number of methoxy groups -OCH3 is 1. The number of hydrogen-bond donors (Lipinski definition) is 0. The lowest BCUT2D eigenvalue weighted by Gasteiger charge is -2.10. The summed E-state index contributed by atoms with van der Waals surface area (Å²) in [4.78, 5) is 5.99. The van der Waals surface area contributed by atoms with E-state index in [1.807, 2.05) is 47.8 Å². The van der Waals surface area contributed by atoms with Gasteiger partial charge in [-0.25, -0.2) is 0 Å². The molecule has 0 saturated carbocycles. The monoisotopic (exact) mass is 383 g/mol. The molecule has 0 radical (unpaired) electrons. The second-order valence-corrected chi connectivity index (χ2v) is 7.40. The highest BCUT2D eigenvalue weighted by Crippen LogP contribution is 2.35. The minimum atomic E-state index is 0.193. The van der Waals surface area contributed by atoms with Gasteiger partial charge in [0.1, 0.15) is 17.2 Å². The lowest BCUT2D eigenvalue weighted by Crippen LogP contribution is -1.92. The van der Waals surface area contributed by atoms with Crippen LogP contribution in [0.15, 0.2) is 65.0 Å². The molecule has 4 rings (SSSR count). The predicted octanol–water partition coefficient (Wildman–Crippen LogP) is 6.53. The first kappa shape index (κ1) is 17.1. The fraction of sp³-hybridized carbons (Fsp3) is 0.190. The first-order chi connectivity index (χ1) is 12.7. The zero-order valence-corrected chi connectivity index (χ0v) is 15.9. The number of ether oxygens (including phenoxy) is 2. The number of thiophene rings is 1. The molecule has 1 aliphatic rings. The Labute approximate surface area is 161 Å². The van der Waals surface area contributed by atoms with E-state index in [2.05, 4.69) is 12.1 Å². The number of benzene rings is 2. The minimum Gasteiger partial charge on any atom is -0.497 e. The van der Waals surface area contributed by atoms with Crippen LogP contribution in [0.1, 0.15) is 29.3 Å². The number of rotatable bonds is 5. The van der Waals surface area contributed by atoms with Crippen molar-refractivity contribution in [1.82, 2.24) is 0 Å². The third-order valence-electron chi connectivity index (χ3n) is 4.41. The molecule has 0 fully saturated rings. The molecule has 0 saturated heterocycles. The van der Waals surface area contributed by atoms with Crippen LogP contribution in [0.3, 0.4) is 0 Å². The quantitative estimate of drug-likeness (QED) is 0.501. The van der Waals surface area contributed by atoms with E-state index in [0.717, 1.165) is 45.7 Å². The third-order valence-corrected chi connectivity index (χ3v) is 5.80. The van der Waals surface area contributed by atoms with E-state index in [1.165, 1.54) is 5.56 Å². The van der Waals surface area contributed by atoms with E-state index in [4.69, 9.17) is 26.1 Å². The number of halogens is 1. The first-order valence-corrected chi connectivity index (χ1v) is 9.70. The van der Waals surface area contributed by atoms with Crippen molar-refractivity contribution in [3.63, 3.8) is 0 Å². The molecule has 2 heterocycles. The Bertz CT molecular complexity index is 916. The van der Waals surface area contributed by atoms with E-state index in [-0.39, 0.29) is 6.04 Å². The van der Waals surface area contributed by atoms with Crippen LogP contribution >= 0.6 is 22.9 Å². The summed E-state index contributed by atoms with van der Waals surface area (Å²) in [6.45, 7) is 0. The van der Waals surface area contributed by atoms with Gasteiger partial charge in [0.2, 0.25) is 0 Å². The average Bonchev–Trinajstić information content (AvgIpc) is 3.32. The second-order valence-electron chi connectivity index (χ2n) is 6.07. The smallest absolute Gasteiger partial charge is 0.127 e. The van der Waals surface area contributed by atoms with Crippen molar-refractivity contribution in [3.8, 4) is 17.2 Å². The minimum absolute atomic E-state index is 0.193. The highest BCUT2D eigenvalue weighted by Gasteiger charge is 2.22. The Morgan fingerprint density at radius 3 is 2.23 bits per heavy atom. The van der Waals surface area contributed by atoms with Gasteiger partial charge in [-0.15, -0.1) is 11.3 Å². The van der Waals surface area contributed by atoms with Gasteiger partial charge in [0, 0.05) is 0 Å². The van der Waals surface area contributed by atoms with Crippen LogP contribution in [0.4, 0.5) is 0 Å². The molecule has 132 valence electrons. The molecule has 0 aliphatic carbocycles. The van der Waals surface area contributed by atoms with E-state index in [1.54, 1.807) is 18.4 Å². The van der Waals surface area contributed by atoms with Crippen LogP contribution in [0.2, 0.25) is 5.02 Å². The van der Waals surface area contributed by atoms with Gasteiger partial charge >= 0.3 is 0 Å². The Kier molecular flexibility index (Phi) is 4.96. The maximum atomic E-state index is 6.24. The van der Waals surface area contributed by atoms with Crippen molar-refractivity contribution < 1.29 is 9.47 Å². The van der Waals surface area contributed by atoms with Gasteiger partial charge in [0.25, 0.3) is 0 Å². The largest absolute Gasteiger partial charge is 0.497 e.